The summed E-state index contributed by atoms with van der Waals surface area (Å²) in [5.41, 5.74) is 1.90. The van der Waals surface area contributed by atoms with Crippen LogP contribution in [-0.2, 0) is 4.79 Å². The lowest BCUT2D eigenvalue weighted by Gasteiger charge is -2.11. The van der Waals surface area contributed by atoms with Gasteiger partial charge in [0.2, 0.25) is 0 Å². The second-order valence-electron chi connectivity index (χ2n) is 5.30. The van der Waals surface area contributed by atoms with Crippen LogP contribution >= 0.6 is 11.3 Å². The summed E-state index contributed by atoms with van der Waals surface area (Å²) in [4.78, 5) is 20.7. The van der Waals surface area contributed by atoms with Crippen molar-refractivity contribution < 1.29 is 14.3 Å². The van der Waals surface area contributed by atoms with E-state index < -0.39 is 0 Å². The number of nitriles is 1. The molecular formula is C19H16N4O3S. The molecule has 0 atom stereocenters. The van der Waals surface area contributed by atoms with Crippen LogP contribution in [-0.4, -0.2) is 29.1 Å². The fourth-order valence-corrected chi connectivity index (χ4v) is 2.95. The predicted octanol–water partition coefficient (Wildman–Crippen LogP) is 3.49. The molecule has 0 fully saturated rings. The van der Waals surface area contributed by atoms with Crippen molar-refractivity contribution in [3.05, 3.63) is 53.5 Å². The SMILES string of the molecule is CCOc1cc(C#N)ccc1OCC(=O)Nc1nc(-c2ccccn2)cs1. The molecule has 0 aliphatic heterocycles. The molecule has 2 aromatic heterocycles. The maximum atomic E-state index is 12.1. The number of anilines is 1. The molecule has 0 saturated heterocycles. The summed E-state index contributed by atoms with van der Waals surface area (Å²) >= 11 is 1.31. The summed E-state index contributed by atoms with van der Waals surface area (Å²) in [5.74, 6) is 0.485. The topological polar surface area (TPSA) is 97.1 Å². The highest BCUT2D eigenvalue weighted by Crippen LogP contribution is 2.28. The van der Waals surface area contributed by atoms with E-state index in [0.29, 0.717) is 34.5 Å². The molecule has 3 aromatic rings. The highest BCUT2D eigenvalue weighted by molar-refractivity contribution is 7.14. The number of pyridine rings is 1. The molecule has 3 rings (SSSR count). The van der Waals surface area contributed by atoms with Crippen molar-refractivity contribution in [1.82, 2.24) is 9.97 Å². The number of nitrogens with zero attached hydrogens (tertiary/aromatic N) is 3. The summed E-state index contributed by atoms with van der Waals surface area (Å²) in [6, 6.07) is 12.4. The Morgan fingerprint density at radius 3 is 2.85 bits per heavy atom. The Hall–Kier alpha value is -3.44. The Morgan fingerprint density at radius 1 is 1.22 bits per heavy atom. The zero-order chi connectivity index (χ0) is 19.1. The third-order valence-corrected chi connectivity index (χ3v) is 4.17. The van der Waals surface area contributed by atoms with Gasteiger partial charge in [0.1, 0.15) is 5.69 Å². The molecule has 0 bridgehead atoms. The van der Waals surface area contributed by atoms with Gasteiger partial charge in [-0.25, -0.2) is 4.98 Å². The lowest BCUT2D eigenvalue weighted by molar-refractivity contribution is -0.118. The molecule has 1 N–H and O–H groups in total. The summed E-state index contributed by atoms with van der Waals surface area (Å²) in [5, 5.41) is 14.0. The molecule has 0 saturated carbocycles. The summed E-state index contributed by atoms with van der Waals surface area (Å²) in [6.45, 7) is 2.05. The van der Waals surface area contributed by atoms with E-state index >= 15 is 0 Å². The van der Waals surface area contributed by atoms with Crippen LogP contribution in [0.3, 0.4) is 0 Å². The van der Waals surface area contributed by atoms with Crippen LogP contribution in [0.15, 0.2) is 48.0 Å². The molecule has 2 heterocycles. The molecule has 8 heteroatoms. The number of carbonyl (C=O) groups excluding carboxylic acids is 1. The minimum atomic E-state index is -0.344. The van der Waals surface area contributed by atoms with Crippen LogP contribution in [0, 0.1) is 11.3 Å². The van der Waals surface area contributed by atoms with Gasteiger partial charge in [-0.15, -0.1) is 11.3 Å². The Kier molecular flexibility index (Phi) is 5.97. The number of carbonyl (C=O) groups is 1. The zero-order valence-corrected chi connectivity index (χ0v) is 15.3. The van der Waals surface area contributed by atoms with E-state index in [1.54, 1.807) is 24.4 Å². The maximum absolute atomic E-state index is 12.1. The Morgan fingerprint density at radius 2 is 2.11 bits per heavy atom. The van der Waals surface area contributed by atoms with E-state index in [1.807, 2.05) is 36.6 Å². The molecule has 1 aromatic carbocycles. The third-order valence-electron chi connectivity index (χ3n) is 3.41. The van der Waals surface area contributed by atoms with Crippen molar-refractivity contribution in [1.29, 1.82) is 5.26 Å². The minimum absolute atomic E-state index is 0.204. The largest absolute Gasteiger partial charge is 0.490 e. The van der Waals surface area contributed by atoms with E-state index in [0.717, 1.165) is 5.69 Å². The quantitative estimate of drug-likeness (QED) is 0.674. The predicted molar refractivity (Wildman–Crippen MR) is 102 cm³/mol. The fourth-order valence-electron chi connectivity index (χ4n) is 2.23. The average molecular weight is 380 g/mol. The standard InChI is InChI=1S/C19H16N4O3S/c1-2-25-17-9-13(10-20)6-7-16(17)26-11-18(24)23-19-22-15(12-27-19)14-5-3-4-8-21-14/h3-9,12H,2,11H2,1H3,(H,22,23,24). The first-order valence-electron chi connectivity index (χ1n) is 8.16. The fraction of sp³-hybridized carbons (Fsp3) is 0.158. The van der Waals surface area contributed by atoms with Gasteiger partial charge in [-0.2, -0.15) is 5.26 Å². The van der Waals surface area contributed by atoms with Crippen molar-refractivity contribution in [2.24, 2.45) is 0 Å². The van der Waals surface area contributed by atoms with Gasteiger partial charge in [-0.1, -0.05) is 6.07 Å². The van der Waals surface area contributed by atoms with Crippen molar-refractivity contribution in [3.8, 4) is 29.0 Å². The summed E-state index contributed by atoms with van der Waals surface area (Å²) in [7, 11) is 0. The number of hydrogen-bond donors (Lipinski definition) is 1. The van der Waals surface area contributed by atoms with Gasteiger partial charge in [0, 0.05) is 17.6 Å². The van der Waals surface area contributed by atoms with Gasteiger partial charge in [-0.05, 0) is 31.2 Å². The van der Waals surface area contributed by atoms with E-state index in [-0.39, 0.29) is 12.5 Å². The van der Waals surface area contributed by atoms with Crippen LogP contribution in [0.2, 0.25) is 0 Å². The summed E-state index contributed by atoms with van der Waals surface area (Å²) in [6.07, 6.45) is 1.69. The van der Waals surface area contributed by atoms with Gasteiger partial charge >= 0.3 is 0 Å². The van der Waals surface area contributed by atoms with Crippen molar-refractivity contribution in [2.75, 3.05) is 18.5 Å². The first kappa shape index (κ1) is 18.4. The lowest BCUT2D eigenvalue weighted by atomic mass is 10.2. The number of nitrogens with one attached hydrogen (secondary N) is 1. The molecule has 27 heavy (non-hydrogen) atoms. The Bertz CT molecular complexity index is 967. The van der Waals surface area contributed by atoms with E-state index in [2.05, 4.69) is 15.3 Å². The smallest absolute Gasteiger partial charge is 0.264 e. The number of hydrogen-bond acceptors (Lipinski definition) is 7. The molecule has 136 valence electrons. The van der Waals surface area contributed by atoms with Crippen LogP contribution in [0.4, 0.5) is 5.13 Å². The van der Waals surface area contributed by atoms with E-state index in [9.17, 15) is 4.79 Å². The highest BCUT2D eigenvalue weighted by Gasteiger charge is 2.12. The number of amides is 1. The first-order chi connectivity index (χ1) is 13.2. The minimum Gasteiger partial charge on any atom is -0.490 e. The molecule has 0 radical (unpaired) electrons. The first-order valence-corrected chi connectivity index (χ1v) is 9.04. The molecule has 7 nitrogen and oxygen atoms in total. The van der Waals surface area contributed by atoms with Crippen LogP contribution in [0.25, 0.3) is 11.4 Å². The van der Waals surface area contributed by atoms with Gasteiger partial charge in [0.25, 0.3) is 5.91 Å². The molecule has 0 aliphatic rings. The number of aromatic nitrogens is 2. The van der Waals surface area contributed by atoms with Gasteiger partial charge in [0.15, 0.2) is 23.2 Å². The Labute approximate surface area is 160 Å². The number of benzene rings is 1. The van der Waals surface area contributed by atoms with Crippen LogP contribution in [0.1, 0.15) is 12.5 Å². The number of rotatable bonds is 7. The van der Waals surface area contributed by atoms with Crippen molar-refractivity contribution in [2.45, 2.75) is 6.92 Å². The third kappa shape index (κ3) is 4.80. The normalized spacial score (nSPS) is 10.1. The second-order valence-corrected chi connectivity index (χ2v) is 6.15. The van der Waals surface area contributed by atoms with Gasteiger partial charge in [0.05, 0.1) is 23.9 Å². The molecule has 0 unspecified atom stereocenters. The van der Waals surface area contributed by atoms with Crippen LogP contribution in [0.5, 0.6) is 11.5 Å². The van der Waals surface area contributed by atoms with Crippen LogP contribution < -0.4 is 14.8 Å². The van der Waals surface area contributed by atoms with E-state index in [1.165, 1.54) is 11.3 Å². The summed E-state index contributed by atoms with van der Waals surface area (Å²) < 4.78 is 11.0. The molecular weight excluding hydrogens is 364 g/mol. The monoisotopic (exact) mass is 380 g/mol. The Balaban J connectivity index is 1.61. The zero-order valence-electron chi connectivity index (χ0n) is 14.5. The molecule has 1 amide bonds. The van der Waals surface area contributed by atoms with Crippen molar-refractivity contribution in [3.63, 3.8) is 0 Å². The van der Waals surface area contributed by atoms with Crippen molar-refractivity contribution >= 4 is 22.4 Å². The second kappa shape index (κ2) is 8.78. The lowest BCUT2D eigenvalue weighted by Crippen LogP contribution is -2.20. The molecule has 0 aliphatic carbocycles. The molecule has 0 spiro atoms. The average Bonchev–Trinajstić information content (AvgIpc) is 3.16. The maximum Gasteiger partial charge on any atom is 0.264 e. The highest BCUT2D eigenvalue weighted by atomic mass is 32.1. The van der Waals surface area contributed by atoms with Gasteiger partial charge < -0.3 is 9.47 Å². The number of thiazole rings is 1. The number of ether oxygens (including phenoxy) is 2. The van der Waals surface area contributed by atoms with Gasteiger partial charge in [-0.3, -0.25) is 15.1 Å². The van der Waals surface area contributed by atoms with E-state index in [4.69, 9.17) is 14.7 Å².